The minimum Gasteiger partial charge on any atom is -0.445 e. The monoisotopic (exact) mass is 387 g/mol. The van der Waals surface area contributed by atoms with Crippen LogP contribution in [0.2, 0.25) is 0 Å². The molecule has 0 bridgehead atoms. The molecule has 0 aliphatic heterocycles. The number of carbonyl (C=O) groups is 2. The number of amides is 2. The van der Waals surface area contributed by atoms with Crippen molar-refractivity contribution in [2.24, 2.45) is 11.7 Å². The molecule has 2 saturated carbocycles. The van der Waals surface area contributed by atoms with E-state index in [-0.39, 0.29) is 30.0 Å². The topological polar surface area (TPSA) is 84.7 Å². The molecule has 0 spiro atoms. The zero-order valence-electron chi connectivity index (χ0n) is 17.0. The molecule has 3 N–H and O–H groups in total. The van der Waals surface area contributed by atoms with E-state index in [1.165, 1.54) is 0 Å². The number of rotatable bonds is 7. The largest absolute Gasteiger partial charge is 0.445 e. The van der Waals surface area contributed by atoms with Gasteiger partial charge in [-0.25, -0.2) is 4.79 Å². The van der Waals surface area contributed by atoms with Gasteiger partial charge in [-0.3, -0.25) is 4.79 Å². The molecule has 2 aliphatic carbocycles. The van der Waals surface area contributed by atoms with Crippen molar-refractivity contribution in [3.05, 3.63) is 35.9 Å². The quantitative estimate of drug-likeness (QED) is 0.752. The zero-order chi connectivity index (χ0) is 20.1. The van der Waals surface area contributed by atoms with Gasteiger partial charge in [0.1, 0.15) is 6.61 Å². The van der Waals surface area contributed by atoms with Crippen LogP contribution in [0, 0.1) is 5.92 Å². The third-order valence-electron chi connectivity index (χ3n) is 5.81. The fourth-order valence-corrected chi connectivity index (χ4v) is 3.84. The van der Waals surface area contributed by atoms with Crippen molar-refractivity contribution < 1.29 is 14.3 Å². The Hall–Kier alpha value is -2.08. The number of hydrogen-bond donors (Lipinski definition) is 2. The van der Waals surface area contributed by atoms with Gasteiger partial charge in [-0.05, 0) is 50.0 Å². The van der Waals surface area contributed by atoms with Gasteiger partial charge in [0.2, 0.25) is 5.91 Å². The van der Waals surface area contributed by atoms with Crippen LogP contribution in [0.5, 0.6) is 0 Å². The molecular weight excluding hydrogens is 354 g/mol. The highest BCUT2D eigenvalue weighted by Gasteiger charge is 2.40. The molecule has 1 atom stereocenters. The third kappa shape index (κ3) is 5.47. The number of nitrogens with two attached hydrogens (primary N) is 1. The Morgan fingerprint density at radius 3 is 2.18 bits per heavy atom. The number of benzene rings is 1. The Morgan fingerprint density at radius 2 is 1.64 bits per heavy atom. The van der Waals surface area contributed by atoms with E-state index in [1.807, 2.05) is 49.1 Å². The van der Waals surface area contributed by atoms with E-state index >= 15 is 0 Å². The first-order valence-electron chi connectivity index (χ1n) is 10.5. The summed E-state index contributed by atoms with van der Waals surface area (Å²) in [5.74, 6) is 0.0563. The van der Waals surface area contributed by atoms with Crippen molar-refractivity contribution in [3.63, 3.8) is 0 Å². The number of nitrogens with zero attached hydrogens (tertiary/aromatic N) is 1. The fourth-order valence-electron chi connectivity index (χ4n) is 3.84. The van der Waals surface area contributed by atoms with Gasteiger partial charge in [-0.1, -0.05) is 44.2 Å². The van der Waals surface area contributed by atoms with E-state index in [2.05, 4.69) is 5.32 Å². The van der Waals surface area contributed by atoms with E-state index < -0.39 is 6.04 Å². The average molecular weight is 388 g/mol. The molecule has 3 rings (SSSR count). The molecule has 0 radical (unpaired) electrons. The summed E-state index contributed by atoms with van der Waals surface area (Å²) in [6.45, 7) is 4.22. The molecule has 0 unspecified atom stereocenters. The molecule has 6 nitrogen and oxygen atoms in total. The van der Waals surface area contributed by atoms with Crippen LogP contribution >= 0.6 is 0 Å². The molecule has 6 heteroatoms. The summed E-state index contributed by atoms with van der Waals surface area (Å²) in [7, 11) is 0. The van der Waals surface area contributed by atoms with Gasteiger partial charge in [-0.2, -0.15) is 0 Å². The van der Waals surface area contributed by atoms with Gasteiger partial charge in [0.25, 0.3) is 0 Å². The number of nitrogens with one attached hydrogen (secondary N) is 1. The van der Waals surface area contributed by atoms with Crippen LogP contribution in [0.4, 0.5) is 4.79 Å². The Morgan fingerprint density at radius 1 is 1.07 bits per heavy atom. The van der Waals surface area contributed by atoms with Gasteiger partial charge in [0.05, 0.1) is 6.04 Å². The molecule has 0 heterocycles. The van der Waals surface area contributed by atoms with Crippen LogP contribution in [-0.4, -0.2) is 41.1 Å². The molecule has 0 aromatic heterocycles. The molecule has 2 aliphatic rings. The lowest BCUT2D eigenvalue weighted by Crippen LogP contribution is -2.51. The highest BCUT2D eigenvalue weighted by molar-refractivity contribution is 5.82. The van der Waals surface area contributed by atoms with Gasteiger partial charge in [0, 0.05) is 18.1 Å². The highest BCUT2D eigenvalue weighted by Crippen LogP contribution is 2.34. The van der Waals surface area contributed by atoms with Crippen molar-refractivity contribution in [2.45, 2.75) is 83.1 Å². The van der Waals surface area contributed by atoms with Crippen molar-refractivity contribution in [1.29, 1.82) is 0 Å². The molecule has 0 saturated heterocycles. The van der Waals surface area contributed by atoms with E-state index in [1.54, 1.807) is 0 Å². The van der Waals surface area contributed by atoms with Crippen molar-refractivity contribution in [3.8, 4) is 0 Å². The number of hydrogen-bond acceptors (Lipinski definition) is 4. The third-order valence-corrected chi connectivity index (χ3v) is 5.81. The minimum absolute atomic E-state index is 0.0697. The van der Waals surface area contributed by atoms with Gasteiger partial charge < -0.3 is 20.7 Å². The van der Waals surface area contributed by atoms with Crippen molar-refractivity contribution >= 4 is 12.0 Å². The molecular formula is C22H33N3O3. The zero-order valence-corrected chi connectivity index (χ0v) is 17.0. The molecule has 1 aromatic carbocycles. The summed E-state index contributed by atoms with van der Waals surface area (Å²) in [6, 6.07) is 9.97. The van der Waals surface area contributed by atoms with Crippen LogP contribution in [-0.2, 0) is 16.1 Å². The maximum Gasteiger partial charge on any atom is 0.410 e. The summed E-state index contributed by atoms with van der Waals surface area (Å²) >= 11 is 0. The second kappa shape index (κ2) is 9.41. The number of carbonyl (C=O) groups excluding carboxylic acids is 2. The van der Waals surface area contributed by atoms with Crippen LogP contribution in [0.15, 0.2) is 30.3 Å². The van der Waals surface area contributed by atoms with Crippen LogP contribution in [0.1, 0.15) is 57.9 Å². The standard InChI is InChI=1S/C22H33N3O3/c1-15(2)20(23)21(26)24-17-8-10-18(11-9-17)25(19-12-13-19)22(27)28-14-16-6-4-3-5-7-16/h3-7,15,17-20H,8-14,23H2,1-2H3,(H,24,26)/t17?,18?,20-/m0/s1. The Bertz CT molecular complexity index is 652. The molecule has 2 fully saturated rings. The summed E-state index contributed by atoms with van der Waals surface area (Å²) in [4.78, 5) is 26.9. The van der Waals surface area contributed by atoms with Crippen molar-refractivity contribution in [2.75, 3.05) is 0 Å². The van der Waals surface area contributed by atoms with E-state index in [9.17, 15) is 9.59 Å². The summed E-state index contributed by atoms with van der Waals surface area (Å²) in [6.07, 6.45) is 5.42. The smallest absolute Gasteiger partial charge is 0.410 e. The molecule has 154 valence electrons. The average Bonchev–Trinajstić information content (AvgIpc) is 3.53. The minimum atomic E-state index is -0.464. The van der Waals surface area contributed by atoms with E-state index in [0.717, 1.165) is 44.1 Å². The van der Waals surface area contributed by atoms with Gasteiger partial charge >= 0.3 is 6.09 Å². The maximum atomic E-state index is 12.7. The predicted octanol–water partition coefficient (Wildman–Crippen LogP) is 3.20. The summed E-state index contributed by atoms with van der Waals surface area (Å²) in [5, 5.41) is 3.08. The Kier molecular flexibility index (Phi) is 6.94. The molecule has 28 heavy (non-hydrogen) atoms. The van der Waals surface area contributed by atoms with Crippen LogP contribution in [0.3, 0.4) is 0 Å². The van der Waals surface area contributed by atoms with Crippen LogP contribution in [0.25, 0.3) is 0 Å². The van der Waals surface area contributed by atoms with Gasteiger partial charge in [-0.15, -0.1) is 0 Å². The first-order chi connectivity index (χ1) is 13.5. The Balaban J connectivity index is 1.49. The predicted molar refractivity (Wildman–Crippen MR) is 108 cm³/mol. The molecule has 1 aromatic rings. The highest BCUT2D eigenvalue weighted by atomic mass is 16.6. The second-order valence-corrected chi connectivity index (χ2v) is 8.46. The molecule has 2 amide bonds. The fraction of sp³-hybridized carbons (Fsp3) is 0.636. The lowest BCUT2D eigenvalue weighted by Gasteiger charge is -2.37. The summed E-state index contributed by atoms with van der Waals surface area (Å²) < 4.78 is 5.59. The van der Waals surface area contributed by atoms with E-state index in [4.69, 9.17) is 10.5 Å². The normalized spacial score (nSPS) is 23.1. The first kappa shape index (κ1) is 20.6. The first-order valence-corrected chi connectivity index (χ1v) is 10.5. The SMILES string of the molecule is CC(C)[C@H](N)C(=O)NC1CCC(N(C(=O)OCc2ccccc2)C2CC2)CC1. The Labute approximate surface area is 167 Å². The number of ether oxygens (including phenoxy) is 1. The van der Waals surface area contributed by atoms with E-state index in [0.29, 0.717) is 12.6 Å². The maximum absolute atomic E-state index is 12.7. The van der Waals surface area contributed by atoms with Crippen molar-refractivity contribution in [1.82, 2.24) is 10.2 Å². The second-order valence-electron chi connectivity index (χ2n) is 8.46. The summed E-state index contributed by atoms with van der Waals surface area (Å²) in [5.41, 5.74) is 6.94. The van der Waals surface area contributed by atoms with Crippen LogP contribution < -0.4 is 11.1 Å². The lowest BCUT2D eigenvalue weighted by atomic mass is 9.89. The lowest BCUT2D eigenvalue weighted by molar-refractivity contribution is -0.124. The van der Waals surface area contributed by atoms with Gasteiger partial charge in [0.15, 0.2) is 0 Å².